The molecule has 4 heteroatoms. The Kier molecular flexibility index (Phi) is 4.58. The summed E-state index contributed by atoms with van der Waals surface area (Å²) in [5.41, 5.74) is 1.44. The van der Waals surface area contributed by atoms with E-state index in [1.165, 1.54) is 24.3 Å². The molecule has 0 radical (unpaired) electrons. The molecule has 0 saturated heterocycles. The van der Waals surface area contributed by atoms with Gasteiger partial charge in [0.25, 0.3) is 0 Å². The second-order valence-corrected chi connectivity index (χ2v) is 4.29. The molecule has 0 bridgehead atoms. The minimum absolute atomic E-state index is 0.259. The van der Waals surface area contributed by atoms with E-state index in [0.717, 1.165) is 18.1 Å². The molecule has 0 saturated carbocycles. The van der Waals surface area contributed by atoms with Crippen LogP contribution in [0.2, 0.25) is 0 Å². The quantitative estimate of drug-likeness (QED) is 0.817. The van der Waals surface area contributed by atoms with Crippen molar-refractivity contribution < 1.29 is 13.2 Å². The fourth-order valence-electron chi connectivity index (χ4n) is 1.77. The van der Waals surface area contributed by atoms with Crippen LogP contribution in [0.25, 0.3) is 0 Å². The summed E-state index contributed by atoms with van der Waals surface area (Å²) in [6.45, 7) is 0.982. The number of hydrogen-bond donors (Lipinski definition) is 1. The number of benzene rings is 2. The van der Waals surface area contributed by atoms with Crippen molar-refractivity contribution in [3.05, 3.63) is 71.0 Å². The molecule has 2 rings (SSSR count). The largest absolute Gasteiger partial charge is 0.312 e. The Morgan fingerprint density at radius 1 is 0.842 bits per heavy atom. The summed E-state index contributed by atoms with van der Waals surface area (Å²) in [4.78, 5) is 0. The Bertz CT molecular complexity index is 538. The molecule has 1 nitrogen and oxygen atoms in total. The van der Waals surface area contributed by atoms with Crippen molar-refractivity contribution >= 4 is 0 Å². The second-order valence-electron chi connectivity index (χ2n) is 4.29. The summed E-state index contributed by atoms with van der Waals surface area (Å²) in [6, 6.07) is 9.79. The normalized spacial score (nSPS) is 10.7. The van der Waals surface area contributed by atoms with E-state index in [9.17, 15) is 13.2 Å². The van der Waals surface area contributed by atoms with Gasteiger partial charge in [-0.25, -0.2) is 13.2 Å². The molecular weight excluding hydrogens is 251 g/mol. The van der Waals surface area contributed by atoms with Gasteiger partial charge in [-0.2, -0.15) is 0 Å². The van der Waals surface area contributed by atoms with Crippen LogP contribution in [0.1, 0.15) is 11.1 Å². The molecule has 0 aliphatic rings. The fraction of sp³-hybridized carbons (Fsp3) is 0.200. The van der Waals surface area contributed by atoms with E-state index in [-0.39, 0.29) is 5.82 Å². The predicted octanol–water partition coefficient (Wildman–Crippen LogP) is 3.44. The van der Waals surface area contributed by atoms with Gasteiger partial charge in [-0.05, 0) is 36.7 Å². The van der Waals surface area contributed by atoms with Gasteiger partial charge >= 0.3 is 0 Å². The Hall–Kier alpha value is -1.81. The maximum atomic E-state index is 13.3. The van der Waals surface area contributed by atoms with Gasteiger partial charge < -0.3 is 5.32 Å². The van der Waals surface area contributed by atoms with Crippen molar-refractivity contribution in [3.63, 3.8) is 0 Å². The third-order valence-electron chi connectivity index (χ3n) is 2.83. The molecule has 0 heterocycles. The van der Waals surface area contributed by atoms with Crippen LogP contribution in [0, 0.1) is 17.5 Å². The molecule has 0 aliphatic carbocycles. The lowest BCUT2D eigenvalue weighted by Crippen LogP contribution is -2.17. The molecule has 100 valence electrons. The zero-order valence-electron chi connectivity index (χ0n) is 10.3. The summed E-state index contributed by atoms with van der Waals surface area (Å²) < 4.78 is 38.7. The maximum Gasteiger partial charge on any atom is 0.130 e. The monoisotopic (exact) mass is 265 g/mol. The molecular formula is C15H14F3N. The molecule has 0 atom stereocenters. The van der Waals surface area contributed by atoms with Crippen molar-refractivity contribution in [1.29, 1.82) is 0 Å². The van der Waals surface area contributed by atoms with Crippen LogP contribution in [0.15, 0.2) is 42.5 Å². The van der Waals surface area contributed by atoms with Gasteiger partial charge in [-0.15, -0.1) is 0 Å². The average molecular weight is 265 g/mol. The number of halogens is 3. The first-order valence-corrected chi connectivity index (χ1v) is 6.04. The van der Waals surface area contributed by atoms with Crippen LogP contribution in [0.3, 0.4) is 0 Å². The van der Waals surface area contributed by atoms with Crippen LogP contribution in [0.4, 0.5) is 13.2 Å². The van der Waals surface area contributed by atoms with Crippen molar-refractivity contribution in [3.8, 4) is 0 Å². The van der Waals surface area contributed by atoms with E-state index in [1.54, 1.807) is 12.1 Å². The molecule has 2 aromatic rings. The maximum absolute atomic E-state index is 13.3. The average Bonchev–Trinajstić information content (AvgIpc) is 2.39. The van der Waals surface area contributed by atoms with E-state index in [4.69, 9.17) is 0 Å². The van der Waals surface area contributed by atoms with Crippen molar-refractivity contribution in [2.24, 2.45) is 0 Å². The summed E-state index contributed by atoms with van der Waals surface area (Å²) >= 11 is 0. The lowest BCUT2D eigenvalue weighted by atomic mass is 10.1. The van der Waals surface area contributed by atoms with Gasteiger partial charge in [-0.3, -0.25) is 0 Å². The summed E-state index contributed by atoms with van der Waals surface area (Å²) in [6.07, 6.45) is 0.725. The predicted molar refractivity (Wildman–Crippen MR) is 68.2 cm³/mol. The fourth-order valence-corrected chi connectivity index (χ4v) is 1.77. The number of nitrogens with one attached hydrogen (secondary N) is 1. The Labute approximate surface area is 110 Å². The molecule has 1 N–H and O–H groups in total. The topological polar surface area (TPSA) is 12.0 Å². The Balaban J connectivity index is 1.79. The molecule has 0 aliphatic heterocycles. The standard InChI is InChI=1S/C15H14F3N/c16-13-4-1-11(2-5-13)7-8-19-10-12-3-6-14(17)9-15(12)18/h1-6,9,19H,7-8,10H2. The van der Waals surface area contributed by atoms with E-state index < -0.39 is 11.6 Å². The zero-order chi connectivity index (χ0) is 13.7. The first-order valence-electron chi connectivity index (χ1n) is 6.04. The van der Waals surface area contributed by atoms with Gasteiger partial charge in [0.2, 0.25) is 0 Å². The third kappa shape index (κ3) is 4.10. The van der Waals surface area contributed by atoms with E-state index in [2.05, 4.69) is 5.32 Å². The molecule has 0 unspecified atom stereocenters. The van der Waals surface area contributed by atoms with Crippen molar-refractivity contribution in [2.45, 2.75) is 13.0 Å². The highest BCUT2D eigenvalue weighted by Crippen LogP contribution is 2.09. The molecule has 0 fully saturated rings. The molecule has 0 aromatic heterocycles. The van der Waals surface area contributed by atoms with E-state index in [0.29, 0.717) is 18.7 Å². The lowest BCUT2D eigenvalue weighted by Gasteiger charge is -2.06. The van der Waals surface area contributed by atoms with Gasteiger partial charge in [0, 0.05) is 18.2 Å². The first-order chi connectivity index (χ1) is 9.15. The molecule has 0 amide bonds. The van der Waals surface area contributed by atoms with Crippen LogP contribution < -0.4 is 5.32 Å². The molecule has 2 aromatic carbocycles. The number of hydrogen-bond acceptors (Lipinski definition) is 1. The zero-order valence-corrected chi connectivity index (χ0v) is 10.3. The summed E-state index contributed by atoms with van der Waals surface area (Å²) in [5, 5.41) is 3.07. The highest BCUT2D eigenvalue weighted by atomic mass is 19.1. The minimum atomic E-state index is -0.576. The van der Waals surface area contributed by atoms with Crippen LogP contribution >= 0.6 is 0 Å². The van der Waals surface area contributed by atoms with Gasteiger partial charge in [-0.1, -0.05) is 18.2 Å². The Morgan fingerprint density at radius 3 is 2.21 bits per heavy atom. The van der Waals surface area contributed by atoms with E-state index in [1.807, 2.05) is 0 Å². The van der Waals surface area contributed by atoms with Gasteiger partial charge in [0.15, 0.2) is 0 Å². The van der Waals surface area contributed by atoms with Crippen molar-refractivity contribution in [2.75, 3.05) is 6.54 Å². The van der Waals surface area contributed by atoms with Crippen LogP contribution in [0.5, 0.6) is 0 Å². The van der Waals surface area contributed by atoms with Crippen molar-refractivity contribution in [1.82, 2.24) is 5.32 Å². The van der Waals surface area contributed by atoms with Gasteiger partial charge in [0.1, 0.15) is 17.5 Å². The smallest absolute Gasteiger partial charge is 0.130 e. The van der Waals surface area contributed by atoms with Gasteiger partial charge in [0.05, 0.1) is 0 Å². The summed E-state index contributed by atoms with van der Waals surface area (Å²) in [5.74, 6) is -1.38. The molecule has 0 spiro atoms. The van der Waals surface area contributed by atoms with Crippen LogP contribution in [-0.4, -0.2) is 6.54 Å². The molecule has 19 heavy (non-hydrogen) atoms. The SMILES string of the molecule is Fc1ccc(CCNCc2ccc(F)cc2F)cc1. The van der Waals surface area contributed by atoms with Crippen LogP contribution in [-0.2, 0) is 13.0 Å². The lowest BCUT2D eigenvalue weighted by molar-refractivity contribution is 0.560. The minimum Gasteiger partial charge on any atom is -0.312 e. The highest BCUT2D eigenvalue weighted by Gasteiger charge is 2.03. The Morgan fingerprint density at radius 2 is 1.53 bits per heavy atom. The second kappa shape index (κ2) is 6.38. The first kappa shape index (κ1) is 13.6. The number of rotatable bonds is 5. The third-order valence-corrected chi connectivity index (χ3v) is 2.83. The highest BCUT2D eigenvalue weighted by molar-refractivity contribution is 5.19. The van der Waals surface area contributed by atoms with E-state index >= 15 is 0 Å². The summed E-state index contributed by atoms with van der Waals surface area (Å²) in [7, 11) is 0.